The van der Waals surface area contributed by atoms with Gasteiger partial charge >= 0.3 is 12.3 Å². The molecule has 144 valence electrons. The first-order valence-electron chi connectivity index (χ1n) is 8.76. The number of rotatable bonds is 4. The summed E-state index contributed by atoms with van der Waals surface area (Å²) in [5, 5.41) is 2.04. The van der Waals surface area contributed by atoms with E-state index in [-0.39, 0.29) is 16.9 Å². The highest BCUT2D eigenvalue weighted by molar-refractivity contribution is 5.78. The Morgan fingerprint density at radius 1 is 1.07 bits per heavy atom. The Labute approximate surface area is 155 Å². The van der Waals surface area contributed by atoms with Crippen LogP contribution in [0.15, 0.2) is 42.5 Å². The number of amides is 1. The van der Waals surface area contributed by atoms with E-state index in [0.29, 0.717) is 18.8 Å². The summed E-state index contributed by atoms with van der Waals surface area (Å²) in [7, 11) is 0. The summed E-state index contributed by atoms with van der Waals surface area (Å²) in [5.74, 6) is -0.0824. The van der Waals surface area contributed by atoms with Gasteiger partial charge in [0.2, 0.25) is 0 Å². The summed E-state index contributed by atoms with van der Waals surface area (Å²) < 4.78 is 48.2. The lowest BCUT2D eigenvalue weighted by Gasteiger charge is -2.41. The molecule has 4 nitrogen and oxygen atoms in total. The third-order valence-electron chi connectivity index (χ3n) is 4.90. The van der Waals surface area contributed by atoms with Crippen LogP contribution in [0.4, 0.5) is 23.7 Å². The standard InChI is InChI=1S/C20H21F3N2O2/c1-4-25(5-2)15-10-11-16-17(12-15)27-18(26)24-19(16,20(21,22)23)14-8-6-13(3)7-9-14/h6-12H,4-5H2,1-3H3,(H,24,26)/t19-/m0/s1. The van der Waals surface area contributed by atoms with Crippen LogP contribution >= 0.6 is 0 Å². The van der Waals surface area contributed by atoms with Gasteiger partial charge in [-0.2, -0.15) is 13.2 Å². The van der Waals surface area contributed by atoms with E-state index >= 15 is 0 Å². The van der Waals surface area contributed by atoms with E-state index in [1.807, 2.05) is 24.1 Å². The molecule has 1 atom stereocenters. The number of carbonyl (C=O) groups excluding carboxylic acids is 1. The van der Waals surface area contributed by atoms with E-state index in [1.54, 1.807) is 25.1 Å². The Bertz CT molecular complexity index is 845. The van der Waals surface area contributed by atoms with Gasteiger partial charge in [0.25, 0.3) is 0 Å². The summed E-state index contributed by atoms with van der Waals surface area (Å²) >= 11 is 0. The third kappa shape index (κ3) is 3.11. The van der Waals surface area contributed by atoms with Gasteiger partial charge in [-0.05, 0) is 32.4 Å². The Kier molecular flexibility index (Phi) is 4.80. The average molecular weight is 378 g/mol. The number of hydrogen-bond donors (Lipinski definition) is 1. The van der Waals surface area contributed by atoms with E-state index in [0.717, 1.165) is 5.56 Å². The Morgan fingerprint density at radius 2 is 1.70 bits per heavy atom. The number of anilines is 1. The molecular weight excluding hydrogens is 357 g/mol. The highest BCUT2D eigenvalue weighted by Crippen LogP contribution is 2.50. The minimum Gasteiger partial charge on any atom is -0.410 e. The van der Waals surface area contributed by atoms with Gasteiger partial charge in [-0.3, -0.25) is 5.32 Å². The first-order chi connectivity index (χ1) is 12.7. The van der Waals surface area contributed by atoms with Crippen LogP contribution in [-0.4, -0.2) is 25.4 Å². The van der Waals surface area contributed by atoms with Crippen molar-refractivity contribution in [1.29, 1.82) is 0 Å². The number of aryl methyl sites for hydroxylation is 1. The van der Waals surface area contributed by atoms with Crippen molar-refractivity contribution in [1.82, 2.24) is 5.32 Å². The van der Waals surface area contributed by atoms with Crippen LogP contribution in [-0.2, 0) is 5.54 Å². The van der Waals surface area contributed by atoms with Crippen LogP contribution < -0.4 is 15.0 Å². The normalized spacial score (nSPS) is 19.1. The number of hydrogen-bond acceptors (Lipinski definition) is 3. The maximum absolute atomic E-state index is 14.3. The fraction of sp³-hybridized carbons (Fsp3) is 0.350. The van der Waals surface area contributed by atoms with Gasteiger partial charge in [0.15, 0.2) is 5.54 Å². The smallest absolute Gasteiger partial charge is 0.410 e. The second-order valence-corrected chi connectivity index (χ2v) is 6.48. The molecule has 0 aromatic heterocycles. The molecule has 2 aromatic carbocycles. The highest BCUT2D eigenvalue weighted by atomic mass is 19.4. The molecule has 3 rings (SSSR count). The van der Waals surface area contributed by atoms with Gasteiger partial charge in [-0.25, -0.2) is 4.79 Å². The van der Waals surface area contributed by atoms with Gasteiger partial charge in [0.05, 0.1) is 0 Å². The number of nitrogens with zero attached hydrogens (tertiary/aromatic N) is 1. The first kappa shape index (κ1) is 19.1. The van der Waals surface area contributed by atoms with Crippen molar-refractivity contribution in [2.75, 3.05) is 18.0 Å². The van der Waals surface area contributed by atoms with Crippen molar-refractivity contribution in [2.24, 2.45) is 0 Å². The zero-order valence-corrected chi connectivity index (χ0v) is 15.4. The fourth-order valence-corrected chi connectivity index (χ4v) is 3.45. The molecule has 0 unspecified atom stereocenters. The van der Waals surface area contributed by atoms with E-state index in [4.69, 9.17) is 4.74 Å². The topological polar surface area (TPSA) is 41.6 Å². The second kappa shape index (κ2) is 6.79. The molecule has 27 heavy (non-hydrogen) atoms. The molecule has 1 heterocycles. The van der Waals surface area contributed by atoms with E-state index in [9.17, 15) is 18.0 Å². The minimum absolute atomic E-state index is 0.0610. The first-order valence-corrected chi connectivity index (χ1v) is 8.76. The third-order valence-corrected chi connectivity index (χ3v) is 4.90. The van der Waals surface area contributed by atoms with Crippen molar-refractivity contribution in [3.05, 3.63) is 59.2 Å². The maximum atomic E-state index is 14.3. The van der Waals surface area contributed by atoms with Crippen LogP contribution in [0.2, 0.25) is 0 Å². The predicted molar refractivity (Wildman–Crippen MR) is 97.2 cm³/mol. The molecule has 1 aliphatic rings. The lowest BCUT2D eigenvalue weighted by Crippen LogP contribution is -2.60. The quantitative estimate of drug-likeness (QED) is 0.835. The monoisotopic (exact) mass is 378 g/mol. The molecule has 0 aliphatic carbocycles. The Balaban J connectivity index is 2.25. The van der Waals surface area contributed by atoms with Crippen molar-refractivity contribution in [2.45, 2.75) is 32.5 Å². The van der Waals surface area contributed by atoms with Crippen molar-refractivity contribution in [3.8, 4) is 5.75 Å². The number of carbonyl (C=O) groups is 1. The van der Waals surface area contributed by atoms with Crippen LogP contribution in [0.1, 0.15) is 30.5 Å². The molecule has 7 heteroatoms. The summed E-state index contributed by atoms with van der Waals surface area (Å²) in [6, 6.07) is 10.5. The van der Waals surface area contributed by atoms with Gasteiger partial charge in [-0.1, -0.05) is 35.9 Å². The van der Waals surface area contributed by atoms with E-state index in [1.165, 1.54) is 24.3 Å². The Hall–Kier alpha value is -2.70. The summed E-state index contributed by atoms with van der Waals surface area (Å²) in [5.41, 5.74) is -1.32. The molecular formula is C20H21F3N2O2. The SMILES string of the molecule is CCN(CC)c1ccc2c(c1)OC(=O)N[C@]2(c1ccc(C)cc1)C(F)(F)F. The van der Waals surface area contributed by atoms with Gasteiger partial charge in [-0.15, -0.1) is 0 Å². The maximum Gasteiger partial charge on any atom is 0.420 e. The zero-order chi connectivity index (χ0) is 19.8. The van der Waals surface area contributed by atoms with E-state index in [2.05, 4.69) is 0 Å². The summed E-state index contributed by atoms with van der Waals surface area (Å²) in [4.78, 5) is 14.1. The molecule has 0 saturated carbocycles. The van der Waals surface area contributed by atoms with Crippen molar-refractivity contribution < 1.29 is 22.7 Å². The molecule has 1 N–H and O–H groups in total. The molecule has 0 bridgehead atoms. The van der Waals surface area contributed by atoms with Gasteiger partial charge < -0.3 is 9.64 Å². The lowest BCUT2D eigenvalue weighted by molar-refractivity contribution is -0.187. The zero-order valence-electron chi connectivity index (χ0n) is 15.4. The molecule has 0 radical (unpaired) electrons. The summed E-state index contributed by atoms with van der Waals surface area (Å²) in [6.07, 6.45) is -5.88. The summed E-state index contributed by atoms with van der Waals surface area (Å²) in [6.45, 7) is 7.05. The number of nitrogens with one attached hydrogen (secondary N) is 1. The van der Waals surface area contributed by atoms with Crippen LogP contribution in [0.25, 0.3) is 0 Å². The molecule has 1 aliphatic heterocycles. The fourth-order valence-electron chi connectivity index (χ4n) is 3.45. The predicted octanol–water partition coefficient (Wildman–Crippen LogP) is 4.75. The number of halogens is 3. The molecule has 0 saturated heterocycles. The largest absolute Gasteiger partial charge is 0.420 e. The minimum atomic E-state index is -4.76. The average Bonchev–Trinajstić information content (AvgIpc) is 2.61. The lowest BCUT2D eigenvalue weighted by atomic mass is 9.80. The Morgan fingerprint density at radius 3 is 2.26 bits per heavy atom. The van der Waals surface area contributed by atoms with Crippen LogP contribution in [0.3, 0.4) is 0 Å². The van der Waals surface area contributed by atoms with Gasteiger partial charge in [0.1, 0.15) is 5.75 Å². The molecule has 0 spiro atoms. The molecule has 0 fully saturated rings. The van der Waals surface area contributed by atoms with Gasteiger partial charge in [0, 0.05) is 30.4 Å². The van der Waals surface area contributed by atoms with Crippen molar-refractivity contribution in [3.63, 3.8) is 0 Å². The van der Waals surface area contributed by atoms with Crippen molar-refractivity contribution >= 4 is 11.8 Å². The van der Waals surface area contributed by atoms with Crippen LogP contribution in [0, 0.1) is 6.92 Å². The highest BCUT2D eigenvalue weighted by Gasteiger charge is 2.61. The van der Waals surface area contributed by atoms with E-state index < -0.39 is 17.8 Å². The number of ether oxygens (including phenoxy) is 1. The number of benzene rings is 2. The molecule has 2 aromatic rings. The molecule has 1 amide bonds. The number of alkyl halides is 3. The second-order valence-electron chi connectivity index (χ2n) is 6.48. The van der Waals surface area contributed by atoms with Crippen LogP contribution in [0.5, 0.6) is 5.75 Å². The number of fused-ring (bicyclic) bond motifs is 1.